The summed E-state index contributed by atoms with van der Waals surface area (Å²) in [7, 11) is -3.35. The van der Waals surface area contributed by atoms with E-state index in [9.17, 15) is 12.8 Å². The van der Waals surface area contributed by atoms with E-state index in [1.165, 1.54) is 12.1 Å². The Labute approximate surface area is 110 Å². The fourth-order valence-corrected chi connectivity index (χ4v) is 2.26. The summed E-state index contributed by atoms with van der Waals surface area (Å²) in [4.78, 5) is 7.07. The number of benzene rings is 1. The molecule has 2 aromatic rings. The van der Waals surface area contributed by atoms with Crippen molar-refractivity contribution in [1.82, 2.24) is 9.97 Å². The number of hydrogen-bond donors (Lipinski definition) is 2. The minimum absolute atomic E-state index is 0.0788. The standard InChI is InChI=1S/C12H14FN3O2S/c1-8-12(16-7-15-8)6-14-11-5-9(19(2,17)18)3-4-10(11)13/h3-5,7,14H,6H2,1-2H3,(H,15,16). The zero-order chi connectivity index (χ0) is 14.0. The molecular formula is C12H14FN3O2S. The second-order valence-electron chi connectivity index (χ2n) is 4.24. The van der Waals surface area contributed by atoms with Crippen molar-refractivity contribution in [2.24, 2.45) is 0 Å². The first-order valence-electron chi connectivity index (χ1n) is 5.60. The fourth-order valence-electron chi connectivity index (χ4n) is 1.61. The first-order chi connectivity index (χ1) is 8.88. The van der Waals surface area contributed by atoms with Crippen molar-refractivity contribution in [1.29, 1.82) is 0 Å². The maximum Gasteiger partial charge on any atom is 0.175 e. The van der Waals surface area contributed by atoms with E-state index in [0.717, 1.165) is 23.7 Å². The summed E-state index contributed by atoms with van der Waals surface area (Å²) in [5.74, 6) is -0.499. The topological polar surface area (TPSA) is 74.8 Å². The average Bonchev–Trinajstić information content (AvgIpc) is 2.72. The number of halogens is 1. The van der Waals surface area contributed by atoms with Gasteiger partial charge in [-0.3, -0.25) is 0 Å². The Morgan fingerprint density at radius 3 is 2.74 bits per heavy atom. The van der Waals surface area contributed by atoms with Gasteiger partial charge in [0.1, 0.15) is 5.82 Å². The Morgan fingerprint density at radius 2 is 2.16 bits per heavy atom. The van der Waals surface area contributed by atoms with Crippen LogP contribution in [0.1, 0.15) is 11.4 Å². The fraction of sp³-hybridized carbons (Fsp3) is 0.250. The minimum Gasteiger partial charge on any atom is -0.377 e. The second kappa shape index (κ2) is 5.00. The molecule has 1 aromatic carbocycles. The number of anilines is 1. The SMILES string of the molecule is Cc1[nH]cnc1CNc1cc(S(C)(=O)=O)ccc1F. The van der Waals surface area contributed by atoms with E-state index in [1.807, 2.05) is 6.92 Å². The number of rotatable bonds is 4. The number of nitrogens with one attached hydrogen (secondary N) is 2. The molecule has 19 heavy (non-hydrogen) atoms. The van der Waals surface area contributed by atoms with Crippen LogP contribution in [0.5, 0.6) is 0 Å². The van der Waals surface area contributed by atoms with Crippen molar-refractivity contribution in [2.75, 3.05) is 11.6 Å². The predicted octanol–water partition coefficient (Wildman–Crippen LogP) is 1.87. The lowest BCUT2D eigenvalue weighted by atomic mass is 10.3. The van der Waals surface area contributed by atoms with E-state index in [-0.39, 0.29) is 10.6 Å². The van der Waals surface area contributed by atoms with Crippen LogP contribution in [0.3, 0.4) is 0 Å². The smallest absolute Gasteiger partial charge is 0.175 e. The van der Waals surface area contributed by atoms with Gasteiger partial charge in [0.15, 0.2) is 9.84 Å². The molecule has 0 fully saturated rings. The molecule has 2 rings (SSSR count). The first-order valence-corrected chi connectivity index (χ1v) is 7.49. The van der Waals surface area contributed by atoms with Crippen LogP contribution in [0.25, 0.3) is 0 Å². The second-order valence-corrected chi connectivity index (χ2v) is 6.26. The molecule has 1 heterocycles. The molecule has 102 valence electrons. The molecule has 2 N–H and O–H groups in total. The van der Waals surface area contributed by atoms with Crippen molar-refractivity contribution in [3.63, 3.8) is 0 Å². The van der Waals surface area contributed by atoms with Crippen LogP contribution in [0, 0.1) is 12.7 Å². The molecule has 0 aliphatic carbocycles. The summed E-state index contributed by atoms with van der Waals surface area (Å²) in [5, 5.41) is 2.85. The average molecular weight is 283 g/mol. The Morgan fingerprint density at radius 1 is 1.42 bits per heavy atom. The number of aryl methyl sites for hydroxylation is 1. The molecule has 0 atom stereocenters. The van der Waals surface area contributed by atoms with Gasteiger partial charge in [-0.15, -0.1) is 0 Å². The van der Waals surface area contributed by atoms with E-state index in [1.54, 1.807) is 6.33 Å². The van der Waals surface area contributed by atoms with E-state index in [4.69, 9.17) is 0 Å². The molecule has 0 aliphatic rings. The number of nitrogens with zero attached hydrogens (tertiary/aromatic N) is 1. The molecule has 5 nitrogen and oxygen atoms in total. The Balaban J connectivity index is 2.23. The number of sulfone groups is 1. The lowest BCUT2D eigenvalue weighted by Crippen LogP contribution is -2.05. The van der Waals surface area contributed by atoms with Gasteiger partial charge in [-0.2, -0.15) is 0 Å². The minimum atomic E-state index is -3.35. The maximum absolute atomic E-state index is 13.6. The van der Waals surface area contributed by atoms with Crippen LogP contribution in [-0.4, -0.2) is 24.6 Å². The predicted molar refractivity (Wildman–Crippen MR) is 70.2 cm³/mol. The van der Waals surface area contributed by atoms with Crippen LogP contribution in [0.2, 0.25) is 0 Å². The first kappa shape index (κ1) is 13.5. The molecule has 0 spiro atoms. The third kappa shape index (κ3) is 3.11. The molecular weight excluding hydrogens is 269 g/mol. The van der Waals surface area contributed by atoms with E-state index >= 15 is 0 Å². The number of H-pyrrole nitrogens is 1. The number of imidazole rings is 1. The van der Waals surface area contributed by atoms with Gasteiger partial charge in [0, 0.05) is 11.9 Å². The molecule has 0 radical (unpaired) electrons. The van der Waals surface area contributed by atoms with Crippen LogP contribution < -0.4 is 5.32 Å². The molecule has 0 bridgehead atoms. The lowest BCUT2D eigenvalue weighted by Gasteiger charge is -2.08. The van der Waals surface area contributed by atoms with E-state index in [2.05, 4.69) is 15.3 Å². The van der Waals surface area contributed by atoms with E-state index < -0.39 is 15.7 Å². The summed E-state index contributed by atoms with van der Waals surface area (Å²) in [6.45, 7) is 2.17. The monoisotopic (exact) mass is 283 g/mol. The van der Waals surface area contributed by atoms with Gasteiger partial charge >= 0.3 is 0 Å². The van der Waals surface area contributed by atoms with Gasteiger partial charge in [0.25, 0.3) is 0 Å². The third-order valence-corrected chi connectivity index (χ3v) is 3.86. The number of aromatic nitrogens is 2. The highest BCUT2D eigenvalue weighted by Gasteiger charge is 2.11. The molecule has 7 heteroatoms. The van der Waals surface area contributed by atoms with Crippen molar-refractivity contribution in [3.05, 3.63) is 41.7 Å². The largest absolute Gasteiger partial charge is 0.377 e. The summed E-state index contributed by atoms with van der Waals surface area (Å²) in [6, 6.07) is 3.67. The van der Waals surface area contributed by atoms with Gasteiger partial charge in [-0.25, -0.2) is 17.8 Å². The summed E-state index contributed by atoms with van der Waals surface area (Å²) in [5.41, 5.74) is 1.78. The molecule has 0 aliphatic heterocycles. The lowest BCUT2D eigenvalue weighted by molar-refractivity contribution is 0.600. The van der Waals surface area contributed by atoms with E-state index in [0.29, 0.717) is 6.54 Å². The molecule has 0 amide bonds. The Hall–Kier alpha value is -1.89. The van der Waals surface area contributed by atoms with Crippen LogP contribution >= 0.6 is 0 Å². The van der Waals surface area contributed by atoms with Gasteiger partial charge in [-0.05, 0) is 25.1 Å². The molecule has 0 saturated heterocycles. The highest BCUT2D eigenvalue weighted by molar-refractivity contribution is 7.90. The highest BCUT2D eigenvalue weighted by atomic mass is 32.2. The molecule has 0 saturated carbocycles. The zero-order valence-electron chi connectivity index (χ0n) is 10.6. The van der Waals surface area contributed by atoms with Crippen molar-refractivity contribution < 1.29 is 12.8 Å². The maximum atomic E-state index is 13.6. The van der Waals surface area contributed by atoms with Crippen molar-refractivity contribution >= 4 is 15.5 Å². The van der Waals surface area contributed by atoms with Gasteiger partial charge in [-0.1, -0.05) is 0 Å². The zero-order valence-corrected chi connectivity index (χ0v) is 11.4. The Bertz CT molecular complexity index is 695. The summed E-state index contributed by atoms with van der Waals surface area (Å²) in [6.07, 6.45) is 2.64. The Kier molecular flexibility index (Phi) is 3.57. The molecule has 0 unspecified atom stereocenters. The van der Waals surface area contributed by atoms with Crippen LogP contribution in [0.15, 0.2) is 29.4 Å². The third-order valence-electron chi connectivity index (χ3n) is 2.75. The van der Waals surface area contributed by atoms with Crippen LogP contribution in [0.4, 0.5) is 10.1 Å². The quantitative estimate of drug-likeness (QED) is 0.840. The number of aromatic amines is 1. The van der Waals surface area contributed by atoms with Crippen molar-refractivity contribution in [2.45, 2.75) is 18.4 Å². The molecule has 1 aromatic heterocycles. The van der Waals surface area contributed by atoms with Crippen molar-refractivity contribution in [3.8, 4) is 0 Å². The van der Waals surface area contributed by atoms with Crippen LogP contribution in [-0.2, 0) is 16.4 Å². The van der Waals surface area contributed by atoms with Gasteiger partial charge in [0.05, 0.1) is 29.1 Å². The van der Waals surface area contributed by atoms with Gasteiger partial charge in [0.2, 0.25) is 0 Å². The summed E-state index contributed by atoms with van der Waals surface area (Å²) < 4.78 is 36.4. The number of hydrogen-bond acceptors (Lipinski definition) is 4. The van der Waals surface area contributed by atoms with Gasteiger partial charge < -0.3 is 10.3 Å². The highest BCUT2D eigenvalue weighted by Crippen LogP contribution is 2.20. The summed E-state index contributed by atoms with van der Waals surface area (Å²) >= 11 is 0. The normalized spacial score (nSPS) is 11.5.